The molecule has 5 nitrogen and oxygen atoms in total. The van der Waals surface area contributed by atoms with Crippen molar-refractivity contribution in [2.75, 3.05) is 13.2 Å². The highest BCUT2D eigenvalue weighted by molar-refractivity contribution is 8.13. The first-order valence-electron chi connectivity index (χ1n) is 5.28. The fourth-order valence-electron chi connectivity index (χ4n) is 1.32. The Balaban J connectivity index is 3.13. The van der Waals surface area contributed by atoms with Crippen molar-refractivity contribution in [1.29, 1.82) is 0 Å². The Labute approximate surface area is 111 Å². The summed E-state index contributed by atoms with van der Waals surface area (Å²) in [7, 11) is -1.98. The fourth-order valence-corrected chi connectivity index (χ4v) is 3.65. The monoisotopic (exact) mass is 312 g/mol. The van der Waals surface area contributed by atoms with Gasteiger partial charge in [0.15, 0.2) is 0 Å². The zero-order valence-electron chi connectivity index (χ0n) is 10.00. The first-order valence-corrected chi connectivity index (χ1v) is 9.13. The number of benzene rings is 1. The summed E-state index contributed by atoms with van der Waals surface area (Å²) in [6.45, 7) is 3.85. The van der Waals surface area contributed by atoms with E-state index in [1.54, 1.807) is 13.8 Å². The van der Waals surface area contributed by atoms with E-state index in [4.69, 9.17) is 19.7 Å². The van der Waals surface area contributed by atoms with E-state index in [0.717, 1.165) is 0 Å². The van der Waals surface area contributed by atoms with E-state index in [9.17, 15) is 13.0 Å². The smallest absolute Gasteiger partial charge is 0.305 e. The molecule has 0 aliphatic rings. The molecule has 0 amide bonds. The molecule has 0 N–H and O–H groups in total. The van der Waals surface area contributed by atoms with Crippen LogP contribution in [0, 0.1) is 0 Å². The van der Waals surface area contributed by atoms with E-state index in [1.165, 1.54) is 24.3 Å². The minimum atomic E-state index is -3.79. The molecule has 8 heteroatoms. The molecule has 0 spiro atoms. The SMILES string of the molecule is CCOP(=O)(OCC)c1ccc(S(=O)(=O)Cl)cc1. The van der Waals surface area contributed by atoms with Gasteiger partial charge in [-0.05, 0) is 38.1 Å². The number of halogens is 1. The molecular weight excluding hydrogens is 299 g/mol. The van der Waals surface area contributed by atoms with Crippen LogP contribution in [0.4, 0.5) is 0 Å². The largest absolute Gasteiger partial charge is 0.361 e. The molecule has 0 aliphatic heterocycles. The molecule has 0 radical (unpaired) electrons. The van der Waals surface area contributed by atoms with Crippen LogP contribution in [0.5, 0.6) is 0 Å². The van der Waals surface area contributed by atoms with Crippen LogP contribution in [-0.2, 0) is 22.7 Å². The van der Waals surface area contributed by atoms with Gasteiger partial charge in [0.1, 0.15) is 0 Å². The van der Waals surface area contributed by atoms with Crippen molar-refractivity contribution in [1.82, 2.24) is 0 Å². The van der Waals surface area contributed by atoms with Gasteiger partial charge < -0.3 is 9.05 Å². The van der Waals surface area contributed by atoms with Crippen molar-refractivity contribution in [2.45, 2.75) is 18.7 Å². The normalized spacial score (nSPS) is 12.6. The lowest BCUT2D eigenvalue weighted by molar-refractivity contribution is 0.230. The molecule has 0 atom stereocenters. The molecular formula is C10H14ClO5PS. The van der Waals surface area contributed by atoms with Crippen molar-refractivity contribution in [3.63, 3.8) is 0 Å². The summed E-state index contributed by atoms with van der Waals surface area (Å²) in [4.78, 5) is -0.0625. The maximum atomic E-state index is 12.3. The summed E-state index contributed by atoms with van der Waals surface area (Å²) in [6.07, 6.45) is 0. The second-order valence-electron chi connectivity index (χ2n) is 3.26. The Morgan fingerprint density at radius 1 is 1.11 bits per heavy atom. The first kappa shape index (κ1) is 15.7. The highest BCUT2D eigenvalue weighted by Crippen LogP contribution is 2.46. The predicted octanol–water partition coefficient (Wildman–Crippen LogP) is 2.51. The zero-order valence-corrected chi connectivity index (χ0v) is 12.5. The van der Waals surface area contributed by atoms with Gasteiger partial charge in [0.2, 0.25) is 0 Å². The zero-order chi connectivity index (χ0) is 13.8. The highest BCUT2D eigenvalue weighted by atomic mass is 35.7. The standard InChI is InChI=1S/C10H14ClO5PS/c1-3-15-17(12,16-4-2)9-5-7-10(8-6-9)18(11,13)14/h5-8H,3-4H2,1-2H3. The first-order chi connectivity index (χ1) is 8.33. The summed E-state index contributed by atoms with van der Waals surface area (Å²) >= 11 is 0. The molecule has 102 valence electrons. The topological polar surface area (TPSA) is 69.7 Å². The second-order valence-corrected chi connectivity index (χ2v) is 7.86. The Kier molecular flexibility index (Phi) is 5.37. The molecule has 0 aromatic heterocycles. The molecule has 1 aromatic carbocycles. The van der Waals surface area contributed by atoms with Crippen molar-refractivity contribution in [2.24, 2.45) is 0 Å². The molecule has 0 bridgehead atoms. The summed E-state index contributed by atoms with van der Waals surface area (Å²) < 4.78 is 44.8. The van der Waals surface area contributed by atoms with Crippen LogP contribution in [-0.4, -0.2) is 21.6 Å². The van der Waals surface area contributed by atoms with Crippen molar-refractivity contribution < 1.29 is 22.0 Å². The van der Waals surface area contributed by atoms with Crippen LogP contribution < -0.4 is 5.30 Å². The molecule has 0 saturated carbocycles. The van der Waals surface area contributed by atoms with Crippen LogP contribution >= 0.6 is 18.3 Å². The lowest BCUT2D eigenvalue weighted by atomic mass is 10.4. The fraction of sp³-hybridized carbons (Fsp3) is 0.400. The molecule has 1 aromatic rings. The average molecular weight is 313 g/mol. The predicted molar refractivity (Wildman–Crippen MR) is 70.0 cm³/mol. The molecule has 0 unspecified atom stereocenters. The highest BCUT2D eigenvalue weighted by Gasteiger charge is 2.26. The van der Waals surface area contributed by atoms with E-state index in [0.29, 0.717) is 5.30 Å². The molecule has 0 heterocycles. The van der Waals surface area contributed by atoms with Gasteiger partial charge in [0.05, 0.1) is 23.4 Å². The third-order valence-electron chi connectivity index (χ3n) is 2.03. The minimum Gasteiger partial charge on any atom is -0.305 e. The lowest BCUT2D eigenvalue weighted by Gasteiger charge is -2.17. The van der Waals surface area contributed by atoms with Gasteiger partial charge in [0, 0.05) is 10.7 Å². The summed E-state index contributed by atoms with van der Waals surface area (Å²) in [5.74, 6) is 0. The van der Waals surface area contributed by atoms with Crippen molar-refractivity contribution in [3.05, 3.63) is 24.3 Å². The Hall–Kier alpha value is -0.390. The average Bonchev–Trinajstić information content (AvgIpc) is 2.29. The summed E-state index contributed by atoms with van der Waals surface area (Å²) in [5, 5.41) is 0.301. The third-order valence-corrected chi connectivity index (χ3v) is 5.53. The van der Waals surface area contributed by atoms with Gasteiger partial charge in [-0.3, -0.25) is 4.57 Å². The van der Waals surface area contributed by atoms with Crippen molar-refractivity contribution in [3.8, 4) is 0 Å². The Morgan fingerprint density at radius 3 is 1.89 bits per heavy atom. The Morgan fingerprint density at radius 2 is 1.56 bits per heavy atom. The third kappa shape index (κ3) is 3.80. The van der Waals surface area contributed by atoms with E-state index in [2.05, 4.69) is 0 Å². The molecule has 0 saturated heterocycles. The van der Waals surface area contributed by atoms with Crippen LogP contribution in [0.3, 0.4) is 0 Å². The maximum absolute atomic E-state index is 12.3. The van der Waals surface area contributed by atoms with Gasteiger partial charge in [-0.25, -0.2) is 8.42 Å². The molecule has 1 rings (SSSR count). The van der Waals surface area contributed by atoms with E-state index >= 15 is 0 Å². The van der Waals surface area contributed by atoms with E-state index < -0.39 is 16.6 Å². The van der Waals surface area contributed by atoms with Crippen LogP contribution in [0.1, 0.15) is 13.8 Å². The quantitative estimate of drug-likeness (QED) is 0.596. The van der Waals surface area contributed by atoms with Gasteiger partial charge >= 0.3 is 7.60 Å². The van der Waals surface area contributed by atoms with Gasteiger partial charge in [-0.1, -0.05) is 0 Å². The van der Waals surface area contributed by atoms with Gasteiger partial charge in [-0.15, -0.1) is 0 Å². The minimum absolute atomic E-state index is 0.0625. The number of rotatable bonds is 6. The van der Waals surface area contributed by atoms with Gasteiger partial charge in [-0.2, -0.15) is 0 Å². The van der Waals surface area contributed by atoms with Gasteiger partial charge in [0.25, 0.3) is 9.05 Å². The molecule has 0 fully saturated rings. The van der Waals surface area contributed by atoms with Crippen LogP contribution in [0.15, 0.2) is 29.2 Å². The number of hydrogen-bond acceptors (Lipinski definition) is 5. The summed E-state index contributed by atoms with van der Waals surface area (Å²) in [6, 6.07) is 5.29. The molecule has 0 aliphatic carbocycles. The molecule has 18 heavy (non-hydrogen) atoms. The summed E-state index contributed by atoms with van der Waals surface area (Å²) in [5.41, 5.74) is 0. The maximum Gasteiger partial charge on any atom is 0.361 e. The second kappa shape index (κ2) is 6.17. The van der Waals surface area contributed by atoms with Crippen molar-refractivity contribution >= 4 is 32.6 Å². The van der Waals surface area contributed by atoms with Crippen LogP contribution in [0.2, 0.25) is 0 Å². The van der Waals surface area contributed by atoms with E-state index in [-0.39, 0.29) is 18.1 Å². The van der Waals surface area contributed by atoms with E-state index in [1.807, 2.05) is 0 Å². The van der Waals surface area contributed by atoms with Crippen LogP contribution in [0.25, 0.3) is 0 Å². The Bertz CT molecular complexity index is 530. The number of hydrogen-bond donors (Lipinski definition) is 0. The lowest BCUT2D eigenvalue weighted by Crippen LogP contribution is -2.11.